The first-order valence-corrected chi connectivity index (χ1v) is 12.3. The van der Waals surface area contributed by atoms with E-state index < -0.39 is 6.60 Å². The van der Waals surface area contributed by atoms with Crippen molar-refractivity contribution in [2.45, 2.75) is 32.6 Å². The van der Waals surface area contributed by atoms with Crippen LogP contribution >= 0.6 is 6.60 Å². The van der Waals surface area contributed by atoms with Crippen molar-refractivity contribution in [3.05, 3.63) is 60.7 Å². The predicted octanol–water partition coefficient (Wildman–Crippen LogP) is 4.33. The van der Waals surface area contributed by atoms with E-state index in [1.54, 1.807) is 0 Å². The Balaban J connectivity index is 2.13. The van der Waals surface area contributed by atoms with E-state index in [4.69, 9.17) is 4.74 Å². The van der Waals surface area contributed by atoms with Crippen LogP contribution in [0.4, 0.5) is 0 Å². The fourth-order valence-corrected chi connectivity index (χ4v) is 11.8. The van der Waals surface area contributed by atoms with Crippen LogP contribution in [0.25, 0.3) is 0 Å². The Morgan fingerprint density at radius 3 is 1.88 bits per heavy atom. The van der Waals surface area contributed by atoms with Crippen molar-refractivity contribution in [3.63, 3.8) is 0 Å². The molecule has 0 saturated carbocycles. The quantitative estimate of drug-likeness (QED) is 0.569. The first kappa shape index (κ1) is 18.1. The summed E-state index contributed by atoms with van der Waals surface area (Å²) in [6.07, 6.45) is 7.72. The van der Waals surface area contributed by atoms with Crippen molar-refractivity contribution < 1.29 is 9.53 Å². The molecule has 2 nitrogen and oxygen atoms in total. The van der Waals surface area contributed by atoms with Gasteiger partial charge in [0.1, 0.15) is 0 Å². The van der Waals surface area contributed by atoms with Crippen LogP contribution in [0, 0.1) is 0 Å². The second-order valence-corrected chi connectivity index (χ2v) is 13.0. The fraction of sp³-hybridized carbons (Fsp3) is 0.409. The monoisotopic (exact) mass is 356 g/mol. The molecule has 1 heterocycles. The number of benzene rings is 2. The van der Waals surface area contributed by atoms with Crippen LogP contribution in [-0.2, 0) is 9.53 Å². The summed E-state index contributed by atoms with van der Waals surface area (Å²) in [6.45, 7) is -0.0327. The first-order valence-electron chi connectivity index (χ1n) is 9.47. The maximum atomic E-state index is 12.2. The number of ether oxygens (including phenoxy) is 1. The second-order valence-electron chi connectivity index (χ2n) is 7.19. The molecule has 134 valence electrons. The zero-order valence-electron chi connectivity index (χ0n) is 15.2. The molecule has 0 spiro atoms. The van der Waals surface area contributed by atoms with Crippen LogP contribution in [-0.4, -0.2) is 31.1 Å². The molecule has 25 heavy (non-hydrogen) atoms. The molecular formula is C22H29O2P. The Hall–Kier alpha value is -1.66. The molecule has 1 saturated heterocycles. The summed E-state index contributed by atoms with van der Waals surface area (Å²) in [5, 5.41) is 2.95. The third-order valence-electron chi connectivity index (χ3n) is 5.92. The summed E-state index contributed by atoms with van der Waals surface area (Å²) in [5.41, 5.74) is 0. The van der Waals surface area contributed by atoms with E-state index in [1.807, 2.05) is 6.92 Å². The van der Waals surface area contributed by atoms with Gasteiger partial charge in [-0.3, -0.25) is 0 Å². The molecule has 0 aromatic heterocycles. The van der Waals surface area contributed by atoms with Crippen molar-refractivity contribution >= 4 is 23.2 Å². The molecule has 0 N–H and O–H groups in total. The van der Waals surface area contributed by atoms with Crippen molar-refractivity contribution in [1.29, 1.82) is 0 Å². The molecule has 2 aromatic carbocycles. The third kappa shape index (κ3) is 3.37. The molecule has 0 radical (unpaired) electrons. The molecule has 0 bridgehead atoms. The molecular weight excluding hydrogens is 327 g/mol. The van der Waals surface area contributed by atoms with Gasteiger partial charge in [0.25, 0.3) is 0 Å². The van der Waals surface area contributed by atoms with Crippen LogP contribution < -0.4 is 10.6 Å². The molecule has 0 atom stereocenters. The van der Waals surface area contributed by atoms with Gasteiger partial charge in [-0.1, -0.05) is 0 Å². The van der Waals surface area contributed by atoms with Gasteiger partial charge in [0.2, 0.25) is 0 Å². The van der Waals surface area contributed by atoms with Gasteiger partial charge in [0, 0.05) is 0 Å². The Labute approximate surface area is 151 Å². The third-order valence-corrected chi connectivity index (χ3v) is 13.3. The van der Waals surface area contributed by atoms with Gasteiger partial charge in [0.05, 0.1) is 0 Å². The minimum atomic E-state index is -2.38. The summed E-state index contributed by atoms with van der Waals surface area (Å²) in [5.74, 6) is -0.0519. The standard InChI is InChI=1S/C22H29O2P/c1-2-24-22(23)16-19-25(17-10-5-11-18-25,20-12-6-3-7-13-20)21-14-8-4-9-15-21/h3-4,6-9,12-15H,2,5,10-11,16-19H2,1H3. The first-order chi connectivity index (χ1) is 12.2. The van der Waals surface area contributed by atoms with Gasteiger partial charge in [-0.2, -0.15) is 0 Å². The summed E-state index contributed by atoms with van der Waals surface area (Å²) < 4.78 is 5.28. The van der Waals surface area contributed by atoms with E-state index in [2.05, 4.69) is 60.7 Å². The SMILES string of the molecule is CCOC(=O)CCP1(c2ccccc2)(c2ccccc2)CCCCC1. The second kappa shape index (κ2) is 7.70. The topological polar surface area (TPSA) is 26.3 Å². The Morgan fingerprint density at radius 1 is 0.880 bits per heavy atom. The molecule has 3 rings (SSSR count). The van der Waals surface area contributed by atoms with Gasteiger partial charge in [-0.25, -0.2) is 0 Å². The van der Waals surface area contributed by atoms with E-state index in [-0.39, 0.29) is 5.97 Å². The van der Waals surface area contributed by atoms with E-state index in [9.17, 15) is 4.79 Å². The zero-order valence-corrected chi connectivity index (χ0v) is 16.1. The Bertz CT molecular complexity index is 647. The normalized spacial score (nSPS) is 20.1. The number of carbonyl (C=O) groups is 1. The van der Waals surface area contributed by atoms with Gasteiger partial charge < -0.3 is 0 Å². The van der Waals surface area contributed by atoms with Crippen molar-refractivity contribution in [3.8, 4) is 0 Å². The maximum absolute atomic E-state index is 12.2. The number of hydrogen-bond donors (Lipinski definition) is 0. The van der Waals surface area contributed by atoms with Crippen molar-refractivity contribution in [1.82, 2.24) is 0 Å². The average Bonchev–Trinajstić information content (AvgIpc) is 2.69. The Morgan fingerprint density at radius 2 is 1.40 bits per heavy atom. The van der Waals surface area contributed by atoms with E-state index in [0.29, 0.717) is 13.0 Å². The molecule has 0 amide bonds. The van der Waals surface area contributed by atoms with E-state index in [0.717, 1.165) is 6.16 Å². The predicted molar refractivity (Wildman–Crippen MR) is 109 cm³/mol. The zero-order chi connectivity index (χ0) is 17.6. The van der Waals surface area contributed by atoms with Crippen LogP contribution in [0.5, 0.6) is 0 Å². The minimum absolute atomic E-state index is 0.0519. The van der Waals surface area contributed by atoms with Gasteiger partial charge in [0.15, 0.2) is 0 Å². The number of rotatable bonds is 6. The van der Waals surface area contributed by atoms with Crippen LogP contribution in [0.1, 0.15) is 32.6 Å². The molecule has 1 aliphatic heterocycles. The average molecular weight is 356 g/mol. The van der Waals surface area contributed by atoms with Crippen LogP contribution in [0.3, 0.4) is 0 Å². The Kier molecular flexibility index (Phi) is 5.59. The van der Waals surface area contributed by atoms with E-state index >= 15 is 0 Å². The van der Waals surface area contributed by atoms with Crippen LogP contribution in [0.15, 0.2) is 60.7 Å². The summed E-state index contributed by atoms with van der Waals surface area (Å²) in [7, 11) is 0. The van der Waals surface area contributed by atoms with Crippen LogP contribution in [0.2, 0.25) is 0 Å². The summed E-state index contributed by atoms with van der Waals surface area (Å²) in [6, 6.07) is 22.0. The molecule has 1 fully saturated rings. The number of hydrogen-bond acceptors (Lipinski definition) is 2. The molecule has 1 aliphatic rings. The van der Waals surface area contributed by atoms with Gasteiger partial charge in [-0.15, -0.1) is 0 Å². The number of esters is 1. The van der Waals surface area contributed by atoms with Gasteiger partial charge in [-0.05, 0) is 0 Å². The molecule has 0 unspecified atom stereocenters. The fourth-order valence-electron chi connectivity index (χ4n) is 4.65. The van der Waals surface area contributed by atoms with Crippen molar-refractivity contribution in [2.75, 3.05) is 25.1 Å². The van der Waals surface area contributed by atoms with E-state index in [1.165, 1.54) is 42.2 Å². The molecule has 2 aromatic rings. The van der Waals surface area contributed by atoms with Crippen molar-refractivity contribution in [2.24, 2.45) is 0 Å². The number of carbonyl (C=O) groups excluding carboxylic acids is 1. The summed E-state index contributed by atoms with van der Waals surface area (Å²) in [4.78, 5) is 12.2. The molecule has 3 heteroatoms. The van der Waals surface area contributed by atoms with Gasteiger partial charge >= 0.3 is 151 Å². The molecule has 0 aliphatic carbocycles. The summed E-state index contributed by atoms with van der Waals surface area (Å²) >= 11 is 0.